The average molecular weight is 187 g/mol. The van der Waals surface area contributed by atoms with Gasteiger partial charge in [0.2, 0.25) is 0 Å². The lowest BCUT2D eigenvalue weighted by atomic mass is 10.2. The third-order valence-electron chi connectivity index (χ3n) is 1.30. The summed E-state index contributed by atoms with van der Waals surface area (Å²) in [5.41, 5.74) is -0.564. The van der Waals surface area contributed by atoms with Crippen LogP contribution in [0.2, 0.25) is 0 Å². The molecule has 0 aromatic carbocycles. The maximum Gasteiger partial charge on any atom is 0.528 e. The van der Waals surface area contributed by atoms with Crippen molar-refractivity contribution in [3.63, 3.8) is 0 Å². The molecule has 0 bridgehead atoms. The van der Waals surface area contributed by atoms with Gasteiger partial charge in [0.1, 0.15) is 5.60 Å². The minimum atomic E-state index is -0.764. The molecule has 0 amide bonds. The number of hydroxylamine groups is 2. The Hall–Kier alpha value is -1.10. The van der Waals surface area contributed by atoms with E-state index in [1.54, 1.807) is 20.8 Å². The highest BCUT2D eigenvalue weighted by Gasteiger charge is 2.29. The number of carbonyl (C=O) groups is 2. The molecule has 5 heteroatoms. The van der Waals surface area contributed by atoms with Gasteiger partial charge in [-0.15, -0.1) is 5.06 Å². The number of Topliss-reactive ketones (excluding diaryl/α,β-unsaturated/α-hetero) is 1. The van der Waals surface area contributed by atoms with Gasteiger partial charge >= 0.3 is 6.16 Å². The second-order valence-electron chi connectivity index (χ2n) is 3.89. The number of nitrogens with zero attached hydrogens (tertiary/aromatic N) is 1. The van der Waals surface area contributed by atoms with Crippen LogP contribution in [0.3, 0.4) is 0 Å². The Labute approximate surface area is 76.6 Å². The molecule has 74 valence electrons. The molecule has 0 radical (unpaired) electrons. The van der Waals surface area contributed by atoms with Gasteiger partial charge in [0.05, 0.1) is 13.1 Å². The highest BCUT2D eigenvalue weighted by atomic mass is 16.8. The van der Waals surface area contributed by atoms with E-state index in [-0.39, 0.29) is 18.9 Å². The number of ketones is 1. The van der Waals surface area contributed by atoms with Crippen LogP contribution in [0.1, 0.15) is 20.8 Å². The van der Waals surface area contributed by atoms with E-state index in [0.29, 0.717) is 0 Å². The number of ether oxygens (including phenoxy) is 1. The maximum atomic E-state index is 11.0. The number of rotatable bonds is 1. The fraction of sp³-hybridized carbons (Fsp3) is 0.750. The third kappa shape index (κ3) is 3.42. The molecular weight excluding hydrogens is 174 g/mol. The molecule has 0 aliphatic carbocycles. The van der Waals surface area contributed by atoms with Crippen molar-refractivity contribution < 1.29 is 19.2 Å². The zero-order chi connectivity index (χ0) is 10.1. The Balaban J connectivity index is 2.22. The summed E-state index contributed by atoms with van der Waals surface area (Å²) in [4.78, 5) is 26.2. The maximum absolute atomic E-state index is 11.0. The van der Waals surface area contributed by atoms with Crippen molar-refractivity contribution in [1.82, 2.24) is 5.06 Å². The summed E-state index contributed by atoms with van der Waals surface area (Å²) in [6, 6.07) is 0. The Morgan fingerprint density at radius 1 is 1.38 bits per heavy atom. The largest absolute Gasteiger partial charge is 0.528 e. The van der Waals surface area contributed by atoms with Crippen molar-refractivity contribution >= 4 is 11.9 Å². The number of carbonyl (C=O) groups excluding carboxylic acids is 2. The van der Waals surface area contributed by atoms with Gasteiger partial charge < -0.3 is 9.57 Å². The molecule has 1 heterocycles. The van der Waals surface area contributed by atoms with Crippen LogP contribution >= 0.6 is 0 Å². The first-order valence-electron chi connectivity index (χ1n) is 4.04. The Morgan fingerprint density at radius 2 is 1.92 bits per heavy atom. The summed E-state index contributed by atoms with van der Waals surface area (Å²) in [7, 11) is 0. The van der Waals surface area contributed by atoms with Gasteiger partial charge in [0.25, 0.3) is 0 Å². The summed E-state index contributed by atoms with van der Waals surface area (Å²) < 4.78 is 4.87. The van der Waals surface area contributed by atoms with E-state index in [9.17, 15) is 9.59 Å². The summed E-state index contributed by atoms with van der Waals surface area (Å²) in [5, 5.41) is 1.26. The quantitative estimate of drug-likeness (QED) is 0.566. The Bertz CT molecular complexity index is 223. The normalized spacial score (nSPS) is 17.9. The first kappa shape index (κ1) is 9.98. The van der Waals surface area contributed by atoms with Gasteiger partial charge in [-0.1, -0.05) is 0 Å². The van der Waals surface area contributed by atoms with Crippen LogP contribution < -0.4 is 0 Å². The lowest BCUT2D eigenvalue weighted by Gasteiger charge is -2.28. The summed E-state index contributed by atoms with van der Waals surface area (Å²) in [5.74, 6) is 0.0589. The second-order valence-corrected chi connectivity index (χ2v) is 3.89. The molecule has 0 unspecified atom stereocenters. The SMILES string of the molecule is CC(C)(C)OC(=O)ON1CC(=O)C1. The molecule has 0 N–H and O–H groups in total. The van der Waals surface area contributed by atoms with Crippen molar-refractivity contribution in [2.45, 2.75) is 26.4 Å². The standard InChI is InChI=1S/C8H13NO4/c1-8(2,3)12-7(11)13-9-4-6(10)5-9/h4-5H2,1-3H3. The van der Waals surface area contributed by atoms with Gasteiger partial charge in [-0.2, -0.15) is 0 Å². The molecule has 1 aliphatic heterocycles. The monoisotopic (exact) mass is 187 g/mol. The molecule has 0 aromatic heterocycles. The zero-order valence-corrected chi connectivity index (χ0v) is 7.99. The van der Waals surface area contributed by atoms with E-state index in [4.69, 9.17) is 4.74 Å². The molecule has 5 nitrogen and oxygen atoms in total. The van der Waals surface area contributed by atoms with Crippen LogP contribution in [0.5, 0.6) is 0 Å². The third-order valence-corrected chi connectivity index (χ3v) is 1.30. The smallest absolute Gasteiger partial charge is 0.427 e. The van der Waals surface area contributed by atoms with Crippen LogP contribution in [-0.2, 0) is 14.4 Å². The molecule has 0 saturated carbocycles. The molecule has 13 heavy (non-hydrogen) atoms. The van der Waals surface area contributed by atoms with Crippen LogP contribution in [-0.4, -0.2) is 35.7 Å². The van der Waals surface area contributed by atoms with Crippen molar-refractivity contribution in [3.05, 3.63) is 0 Å². The molecule has 0 atom stereocenters. The second kappa shape index (κ2) is 3.33. The van der Waals surface area contributed by atoms with E-state index in [1.807, 2.05) is 0 Å². The fourth-order valence-corrected chi connectivity index (χ4v) is 0.786. The van der Waals surface area contributed by atoms with Crippen molar-refractivity contribution in [2.24, 2.45) is 0 Å². The van der Waals surface area contributed by atoms with Crippen LogP contribution in [0.15, 0.2) is 0 Å². The number of hydrogen-bond acceptors (Lipinski definition) is 5. The molecule has 1 fully saturated rings. The topological polar surface area (TPSA) is 55.8 Å². The highest BCUT2D eigenvalue weighted by Crippen LogP contribution is 2.10. The summed E-state index contributed by atoms with van der Waals surface area (Å²) in [6.45, 7) is 5.57. The molecule has 0 aromatic rings. The summed E-state index contributed by atoms with van der Waals surface area (Å²) in [6.07, 6.45) is -0.764. The zero-order valence-electron chi connectivity index (χ0n) is 7.99. The van der Waals surface area contributed by atoms with Crippen LogP contribution in [0.4, 0.5) is 4.79 Å². The Morgan fingerprint density at radius 3 is 2.31 bits per heavy atom. The average Bonchev–Trinajstić information content (AvgIpc) is 1.79. The van der Waals surface area contributed by atoms with E-state index in [0.717, 1.165) is 0 Å². The summed E-state index contributed by atoms with van der Waals surface area (Å²) >= 11 is 0. The van der Waals surface area contributed by atoms with E-state index in [1.165, 1.54) is 5.06 Å². The lowest BCUT2D eigenvalue weighted by Crippen LogP contribution is -2.48. The fourth-order valence-electron chi connectivity index (χ4n) is 0.786. The van der Waals surface area contributed by atoms with Gasteiger partial charge in [-0.25, -0.2) is 4.79 Å². The Kier molecular flexibility index (Phi) is 2.56. The minimum absolute atomic E-state index is 0.0589. The molecular formula is C8H13NO4. The van der Waals surface area contributed by atoms with E-state index < -0.39 is 11.8 Å². The van der Waals surface area contributed by atoms with Crippen molar-refractivity contribution in [1.29, 1.82) is 0 Å². The molecule has 0 spiro atoms. The first-order chi connectivity index (χ1) is 5.87. The van der Waals surface area contributed by atoms with Crippen molar-refractivity contribution in [3.8, 4) is 0 Å². The van der Waals surface area contributed by atoms with Gasteiger partial charge in [-0.05, 0) is 20.8 Å². The van der Waals surface area contributed by atoms with E-state index >= 15 is 0 Å². The van der Waals surface area contributed by atoms with Gasteiger partial charge in [-0.3, -0.25) is 4.79 Å². The first-order valence-corrected chi connectivity index (χ1v) is 4.04. The predicted molar refractivity (Wildman–Crippen MR) is 43.9 cm³/mol. The van der Waals surface area contributed by atoms with Crippen LogP contribution in [0, 0.1) is 0 Å². The molecule has 1 saturated heterocycles. The van der Waals surface area contributed by atoms with Gasteiger partial charge in [0.15, 0.2) is 5.78 Å². The van der Waals surface area contributed by atoms with Crippen LogP contribution in [0.25, 0.3) is 0 Å². The lowest BCUT2D eigenvalue weighted by molar-refractivity contribution is -0.182. The highest BCUT2D eigenvalue weighted by molar-refractivity contribution is 5.87. The van der Waals surface area contributed by atoms with E-state index in [2.05, 4.69) is 4.84 Å². The number of hydrogen-bond donors (Lipinski definition) is 0. The predicted octanol–water partition coefficient (Wildman–Crippen LogP) is 0.738. The minimum Gasteiger partial charge on any atom is -0.427 e. The van der Waals surface area contributed by atoms with Crippen molar-refractivity contribution in [2.75, 3.05) is 13.1 Å². The molecule has 1 aliphatic rings. The van der Waals surface area contributed by atoms with Gasteiger partial charge in [0, 0.05) is 0 Å². The molecule has 1 rings (SSSR count).